The maximum atomic E-state index is 5.30. The minimum Gasteiger partial charge on any atom is -0.496 e. The second-order valence-corrected chi connectivity index (χ2v) is 6.63. The van der Waals surface area contributed by atoms with Crippen LogP contribution in [-0.4, -0.2) is 24.6 Å². The summed E-state index contributed by atoms with van der Waals surface area (Å²) in [6.07, 6.45) is 2.98. The van der Waals surface area contributed by atoms with Crippen LogP contribution in [0.25, 0.3) is 0 Å². The van der Waals surface area contributed by atoms with Crippen LogP contribution in [0.5, 0.6) is 5.75 Å². The number of nitrogens with zero attached hydrogens (tertiary/aromatic N) is 2. The van der Waals surface area contributed by atoms with Gasteiger partial charge in [-0.3, -0.25) is 0 Å². The van der Waals surface area contributed by atoms with Crippen molar-refractivity contribution < 1.29 is 4.74 Å². The third-order valence-corrected chi connectivity index (χ3v) is 4.72. The molecule has 0 aliphatic carbocycles. The van der Waals surface area contributed by atoms with Gasteiger partial charge in [0.05, 0.1) is 20.2 Å². The van der Waals surface area contributed by atoms with E-state index in [2.05, 4.69) is 40.5 Å². The molecule has 24 heavy (non-hydrogen) atoms. The SMILES string of the molecule is CCNC(=NCc1ccc(OC)c(C)c1)NCc1ncc(CC)s1. The Bertz CT molecular complexity index is 681. The van der Waals surface area contributed by atoms with Gasteiger partial charge in [-0.25, -0.2) is 9.98 Å². The fraction of sp³-hybridized carbons (Fsp3) is 0.444. The molecular formula is C18H26N4OS. The number of aliphatic imine (C=N–C) groups is 1. The third kappa shape index (κ3) is 5.23. The lowest BCUT2D eigenvalue weighted by Crippen LogP contribution is -2.36. The Hall–Kier alpha value is -2.08. The highest BCUT2D eigenvalue weighted by Gasteiger charge is 2.04. The number of guanidine groups is 1. The van der Waals surface area contributed by atoms with Crippen molar-refractivity contribution in [1.29, 1.82) is 0 Å². The normalized spacial score (nSPS) is 11.4. The van der Waals surface area contributed by atoms with Gasteiger partial charge in [-0.1, -0.05) is 19.1 Å². The molecule has 5 nitrogen and oxygen atoms in total. The molecule has 0 amide bonds. The van der Waals surface area contributed by atoms with E-state index in [4.69, 9.17) is 4.74 Å². The van der Waals surface area contributed by atoms with E-state index in [1.807, 2.05) is 25.3 Å². The first-order chi connectivity index (χ1) is 11.7. The van der Waals surface area contributed by atoms with Gasteiger partial charge in [0.15, 0.2) is 5.96 Å². The summed E-state index contributed by atoms with van der Waals surface area (Å²) in [6.45, 7) is 8.39. The molecule has 1 heterocycles. The molecule has 0 atom stereocenters. The average molecular weight is 347 g/mol. The standard InChI is InChI=1S/C18H26N4OS/c1-5-15-11-20-17(24-15)12-22-18(19-6-2)21-10-14-7-8-16(23-4)13(3)9-14/h7-9,11H,5-6,10,12H2,1-4H3,(H2,19,21,22). The quantitative estimate of drug-likeness (QED) is 0.597. The summed E-state index contributed by atoms with van der Waals surface area (Å²) in [4.78, 5) is 10.4. The van der Waals surface area contributed by atoms with Gasteiger partial charge >= 0.3 is 0 Å². The molecule has 0 spiro atoms. The van der Waals surface area contributed by atoms with Crippen LogP contribution in [0.4, 0.5) is 0 Å². The van der Waals surface area contributed by atoms with E-state index in [1.54, 1.807) is 18.4 Å². The molecule has 2 N–H and O–H groups in total. The van der Waals surface area contributed by atoms with Gasteiger partial charge in [0.25, 0.3) is 0 Å². The number of thiazole rings is 1. The van der Waals surface area contributed by atoms with Gasteiger partial charge < -0.3 is 15.4 Å². The minimum absolute atomic E-state index is 0.623. The summed E-state index contributed by atoms with van der Waals surface area (Å²) >= 11 is 1.74. The lowest BCUT2D eigenvalue weighted by molar-refractivity contribution is 0.411. The van der Waals surface area contributed by atoms with Crippen molar-refractivity contribution in [2.24, 2.45) is 4.99 Å². The van der Waals surface area contributed by atoms with Crippen LogP contribution in [0.3, 0.4) is 0 Å². The van der Waals surface area contributed by atoms with Crippen molar-refractivity contribution in [1.82, 2.24) is 15.6 Å². The number of ether oxygens (including phenoxy) is 1. The highest BCUT2D eigenvalue weighted by Crippen LogP contribution is 2.18. The maximum Gasteiger partial charge on any atom is 0.191 e. The molecule has 0 aliphatic heterocycles. The maximum absolute atomic E-state index is 5.30. The Morgan fingerprint density at radius 3 is 2.75 bits per heavy atom. The van der Waals surface area contributed by atoms with Crippen LogP contribution < -0.4 is 15.4 Å². The lowest BCUT2D eigenvalue weighted by atomic mass is 10.1. The molecule has 0 radical (unpaired) electrons. The topological polar surface area (TPSA) is 58.5 Å². The molecule has 0 unspecified atom stereocenters. The van der Waals surface area contributed by atoms with Crippen molar-refractivity contribution in [3.05, 3.63) is 45.4 Å². The molecule has 0 aliphatic rings. The van der Waals surface area contributed by atoms with E-state index in [9.17, 15) is 0 Å². The lowest BCUT2D eigenvalue weighted by Gasteiger charge is -2.11. The van der Waals surface area contributed by atoms with E-state index in [0.717, 1.165) is 40.8 Å². The molecule has 0 saturated carbocycles. The minimum atomic E-state index is 0.623. The second kappa shape index (κ2) is 9.27. The van der Waals surface area contributed by atoms with Crippen LogP contribution in [0.2, 0.25) is 0 Å². The van der Waals surface area contributed by atoms with E-state index in [0.29, 0.717) is 13.1 Å². The first-order valence-electron chi connectivity index (χ1n) is 8.25. The Kier molecular flexibility index (Phi) is 7.06. The summed E-state index contributed by atoms with van der Waals surface area (Å²) in [5.41, 5.74) is 2.28. The van der Waals surface area contributed by atoms with Crippen molar-refractivity contribution in [3.63, 3.8) is 0 Å². The number of nitrogens with one attached hydrogen (secondary N) is 2. The Morgan fingerprint density at radius 1 is 1.29 bits per heavy atom. The van der Waals surface area contributed by atoms with Crippen LogP contribution >= 0.6 is 11.3 Å². The molecule has 6 heteroatoms. The van der Waals surface area contributed by atoms with Crippen LogP contribution in [-0.2, 0) is 19.5 Å². The second-order valence-electron chi connectivity index (χ2n) is 5.43. The van der Waals surface area contributed by atoms with E-state index in [1.165, 1.54) is 4.88 Å². The number of aromatic nitrogens is 1. The van der Waals surface area contributed by atoms with Crippen molar-refractivity contribution in [3.8, 4) is 5.75 Å². The molecule has 0 bridgehead atoms. The van der Waals surface area contributed by atoms with Crippen LogP contribution in [0.15, 0.2) is 29.4 Å². The van der Waals surface area contributed by atoms with Gasteiger partial charge in [0, 0.05) is 17.6 Å². The van der Waals surface area contributed by atoms with Gasteiger partial charge in [-0.2, -0.15) is 0 Å². The summed E-state index contributed by atoms with van der Waals surface area (Å²) in [7, 11) is 1.69. The molecular weight excluding hydrogens is 320 g/mol. The molecule has 1 aromatic heterocycles. The van der Waals surface area contributed by atoms with E-state index < -0.39 is 0 Å². The zero-order chi connectivity index (χ0) is 17.4. The Balaban J connectivity index is 1.98. The first kappa shape index (κ1) is 18.3. The number of rotatable bonds is 7. The predicted octanol–water partition coefficient (Wildman–Crippen LogP) is 3.28. The average Bonchev–Trinajstić information content (AvgIpc) is 3.05. The summed E-state index contributed by atoms with van der Waals surface area (Å²) in [6, 6.07) is 6.15. The number of methoxy groups -OCH3 is 1. The highest BCUT2D eigenvalue weighted by molar-refractivity contribution is 7.11. The summed E-state index contributed by atoms with van der Waals surface area (Å²) in [5.74, 6) is 1.71. The highest BCUT2D eigenvalue weighted by atomic mass is 32.1. The molecule has 1 aromatic carbocycles. The molecule has 0 fully saturated rings. The van der Waals surface area contributed by atoms with Crippen LogP contribution in [0, 0.1) is 6.92 Å². The molecule has 2 rings (SSSR count). The van der Waals surface area contributed by atoms with Gasteiger partial charge in [0.2, 0.25) is 0 Å². The third-order valence-electron chi connectivity index (χ3n) is 3.58. The zero-order valence-corrected chi connectivity index (χ0v) is 15.7. The number of aryl methyl sites for hydroxylation is 2. The Morgan fingerprint density at radius 2 is 2.12 bits per heavy atom. The number of hydrogen-bond donors (Lipinski definition) is 2. The molecule has 2 aromatic rings. The summed E-state index contributed by atoms with van der Waals surface area (Å²) in [5, 5.41) is 7.70. The number of hydrogen-bond acceptors (Lipinski definition) is 4. The number of benzene rings is 1. The van der Waals surface area contributed by atoms with E-state index in [-0.39, 0.29) is 0 Å². The molecule has 130 valence electrons. The van der Waals surface area contributed by atoms with Crippen molar-refractivity contribution >= 4 is 17.3 Å². The summed E-state index contributed by atoms with van der Waals surface area (Å²) < 4.78 is 5.30. The molecule has 0 saturated heterocycles. The van der Waals surface area contributed by atoms with Crippen molar-refractivity contribution in [2.75, 3.05) is 13.7 Å². The first-order valence-corrected chi connectivity index (χ1v) is 9.07. The largest absolute Gasteiger partial charge is 0.496 e. The monoisotopic (exact) mass is 346 g/mol. The Labute approximate surface area is 148 Å². The zero-order valence-electron chi connectivity index (χ0n) is 14.8. The fourth-order valence-electron chi connectivity index (χ4n) is 2.30. The van der Waals surface area contributed by atoms with Gasteiger partial charge in [-0.15, -0.1) is 11.3 Å². The fourth-order valence-corrected chi connectivity index (χ4v) is 3.11. The smallest absolute Gasteiger partial charge is 0.191 e. The van der Waals surface area contributed by atoms with Crippen LogP contribution in [0.1, 0.15) is 34.9 Å². The van der Waals surface area contributed by atoms with Gasteiger partial charge in [-0.05, 0) is 37.5 Å². The van der Waals surface area contributed by atoms with E-state index >= 15 is 0 Å². The predicted molar refractivity (Wildman–Crippen MR) is 101 cm³/mol. The van der Waals surface area contributed by atoms with Crippen molar-refractivity contribution in [2.45, 2.75) is 40.3 Å². The van der Waals surface area contributed by atoms with Gasteiger partial charge in [0.1, 0.15) is 10.8 Å².